The molecule has 0 saturated carbocycles. The van der Waals surface area contributed by atoms with Crippen molar-refractivity contribution in [3.05, 3.63) is 12.2 Å². The van der Waals surface area contributed by atoms with Crippen LogP contribution in [0.2, 0.25) is 0 Å². The Balaban J connectivity index is 3.61. The Morgan fingerprint density at radius 1 is 1.29 bits per heavy atom. The SMILES string of the molecule is CC/C=C\CC[C@@H](Cl)[C@@H](O)C[C@H](C)O. The van der Waals surface area contributed by atoms with E-state index in [9.17, 15) is 5.11 Å². The first-order chi connectivity index (χ1) is 6.57. The van der Waals surface area contributed by atoms with Crippen molar-refractivity contribution < 1.29 is 10.2 Å². The standard InChI is InChI=1S/C11H21ClO2/c1-3-4-5-6-7-10(12)11(14)8-9(2)13/h4-5,9-11,13-14H,3,6-8H2,1-2H3/b5-4-/t9-,10+,11-/m0/s1. The Bertz CT molecular complexity index is 157. The lowest BCUT2D eigenvalue weighted by Crippen LogP contribution is -2.24. The first-order valence-electron chi connectivity index (χ1n) is 5.23. The van der Waals surface area contributed by atoms with Gasteiger partial charge >= 0.3 is 0 Å². The minimum atomic E-state index is -0.605. The molecule has 0 radical (unpaired) electrons. The molecule has 0 aromatic heterocycles. The number of hydrogen-bond donors (Lipinski definition) is 2. The average Bonchev–Trinajstić information content (AvgIpc) is 2.11. The molecule has 3 heteroatoms. The summed E-state index contributed by atoms with van der Waals surface area (Å²) >= 11 is 5.96. The summed E-state index contributed by atoms with van der Waals surface area (Å²) in [6.07, 6.45) is 6.10. The van der Waals surface area contributed by atoms with Gasteiger partial charge in [-0.15, -0.1) is 11.6 Å². The molecule has 2 nitrogen and oxygen atoms in total. The van der Waals surface area contributed by atoms with Crippen molar-refractivity contribution in [1.29, 1.82) is 0 Å². The smallest absolute Gasteiger partial charge is 0.0728 e. The highest BCUT2D eigenvalue weighted by Gasteiger charge is 2.17. The second kappa shape index (κ2) is 8.27. The van der Waals surface area contributed by atoms with E-state index < -0.39 is 12.2 Å². The zero-order chi connectivity index (χ0) is 11.0. The number of rotatable bonds is 7. The molecule has 0 spiro atoms. The van der Waals surface area contributed by atoms with Gasteiger partial charge in [0.25, 0.3) is 0 Å². The van der Waals surface area contributed by atoms with Crippen molar-refractivity contribution in [2.45, 2.75) is 57.1 Å². The molecule has 84 valence electrons. The first-order valence-corrected chi connectivity index (χ1v) is 5.66. The lowest BCUT2D eigenvalue weighted by Gasteiger charge is -2.17. The summed E-state index contributed by atoms with van der Waals surface area (Å²) in [4.78, 5) is 0. The fraction of sp³-hybridized carbons (Fsp3) is 0.818. The van der Waals surface area contributed by atoms with Crippen LogP contribution in [0.25, 0.3) is 0 Å². The van der Waals surface area contributed by atoms with Gasteiger partial charge in [-0.1, -0.05) is 19.1 Å². The molecule has 0 heterocycles. The van der Waals surface area contributed by atoms with E-state index in [4.69, 9.17) is 16.7 Å². The van der Waals surface area contributed by atoms with Gasteiger partial charge in [0.1, 0.15) is 0 Å². The zero-order valence-corrected chi connectivity index (χ0v) is 9.74. The molecule has 2 N–H and O–H groups in total. The van der Waals surface area contributed by atoms with Gasteiger partial charge in [0, 0.05) is 6.42 Å². The van der Waals surface area contributed by atoms with Crippen LogP contribution in [0.4, 0.5) is 0 Å². The molecule has 0 aliphatic carbocycles. The lowest BCUT2D eigenvalue weighted by molar-refractivity contribution is 0.0864. The third-order valence-electron chi connectivity index (χ3n) is 2.01. The molecule has 0 aliphatic heterocycles. The van der Waals surface area contributed by atoms with E-state index in [1.807, 2.05) is 0 Å². The maximum atomic E-state index is 9.53. The molecule has 0 aromatic carbocycles. The highest BCUT2D eigenvalue weighted by molar-refractivity contribution is 6.21. The van der Waals surface area contributed by atoms with Gasteiger partial charge in [-0.2, -0.15) is 0 Å². The van der Waals surface area contributed by atoms with E-state index in [0.717, 1.165) is 19.3 Å². The number of aliphatic hydroxyl groups is 2. The van der Waals surface area contributed by atoms with Crippen LogP contribution < -0.4 is 0 Å². The van der Waals surface area contributed by atoms with Gasteiger partial charge in [-0.3, -0.25) is 0 Å². The summed E-state index contributed by atoms with van der Waals surface area (Å²) in [5.74, 6) is 0. The van der Waals surface area contributed by atoms with E-state index in [-0.39, 0.29) is 5.38 Å². The van der Waals surface area contributed by atoms with Crippen LogP contribution in [0.3, 0.4) is 0 Å². The summed E-state index contributed by atoms with van der Waals surface area (Å²) in [5, 5.41) is 18.3. The molecule has 0 unspecified atom stereocenters. The molecular weight excluding hydrogens is 200 g/mol. The molecule has 0 aromatic rings. The van der Waals surface area contributed by atoms with Crippen LogP contribution in [0.1, 0.15) is 39.5 Å². The monoisotopic (exact) mass is 220 g/mol. The Morgan fingerprint density at radius 3 is 2.43 bits per heavy atom. The molecule has 3 atom stereocenters. The Morgan fingerprint density at radius 2 is 1.93 bits per heavy atom. The number of alkyl halides is 1. The number of halogens is 1. The molecule has 0 saturated heterocycles. The van der Waals surface area contributed by atoms with Crippen molar-refractivity contribution in [3.63, 3.8) is 0 Å². The average molecular weight is 221 g/mol. The minimum Gasteiger partial charge on any atom is -0.393 e. The van der Waals surface area contributed by atoms with Crippen molar-refractivity contribution in [2.75, 3.05) is 0 Å². The summed E-state index contributed by atoms with van der Waals surface area (Å²) in [6.45, 7) is 3.74. The minimum absolute atomic E-state index is 0.258. The second-order valence-electron chi connectivity index (χ2n) is 3.63. The van der Waals surface area contributed by atoms with Crippen LogP contribution >= 0.6 is 11.6 Å². The van der Waals surface area contributed by atoms with Crippen molar-refractivity contribution in [2.24, 2.45) is 0 Å². The quantitative estimate of drug-likeness (QED) is 0.511. The van der Waals surface area contributed by atoms with E-state index in [1.54, 1.807) is 6.92 Å². The predicted molar refractivity (Wildman–Crippen MR) is 60.6 cm³/mol. The van der Waals surface area contributed by atoms with Crippen LogP contribution in [0, 0.1) is 0 Å². The molecular formula is C11H21ClO2. The maximum absolute atomic E-state index is 9.53. The number of hydrogen-bond acceptors (Lipinski definition) is 2. The third-order valence-corrected chi connectivity index (χ3v) is 2.52. The number of allylic oxidation sites excluding steroid dienone is 2. The summed E-state index contributed by atoms with van der Waals surface area (Å²) in [5.41, 5.74) is 0. The van der Waals surface area contributed by atoms with Crippen LogP contribution in [-0.4, -0.2) is 27.8 Å². The summed E-state index contributed by atoms with van der Waals surface area (Å²) in [7, 11) is 0. The highest BCUT2D eigenvalue weighted by Crippen LogP contribution is 2.15. The van der Waals surface area contributed by atoms with Crippen LogP contribution in [-0.2, 0) is 0 Å². The van der Waals surface area contributed by atoms with Gasteiger partial charge < -0.3 is 10.2 Å². The molecule has 0 rings (SSSR count). The van der Waals surface area contributed by atoms with Gasteiger partial charge in [-0.05, 0) is 26.2 Å². The normalized spacial score (nSPS) is 18.4. The second-order valence-corrected chi connectivity index (χ2v) is 4.19. The fourth-order valence-electron chi connectivity index (χ4n) is 1.23. The molecule has 0 aliphatic rings. The Hall–Kier alpha value is -0.0500. The predicted octanol–water partition coefficient (Wildman–Crippen LogP) is 2.47. The molecule has 0 amide bonds. The molecule has 0 fully saturated rings. The summed E-state index contributed by atoms with van der Waals surface area (Å²) < 4.78 is 0. The van der Waals surface area contributed by atoms with Crippen molar-refractivity contribution in [3.8, 4) is 0 Å². The molecule has 14 heavy (non-hydrogen) atoms. The highest BCUT2D eigenvalue weighted by atomic mass is 35.5. The van der Waals surface area contributed by atoms with Gasteiger partial charge in [0.2, 0.25) is 0 Å². The van der Waals surface area contributed by atoms with Crippen molar-refractivity contribution in [1.82, 2.24) is 0 Å². The lowest BCUT2D eigenvalue weighted by atomic mass is 10.1. The Kier molecular flexibility index (Phi) is 8.24. The number of aliphatic hydroxyl groups excluding tert-OH is 2. The van der Waals surface area contributed by atoms with Crippen molar-refractivity contribution >= 4 is 11.6 Å². The van der Waals surface area contributed by atoms with Gasteiger partial charge in [0.15, 0.2) is 0 Å². The summed E-state index contributed by atoms with van der Waals surface area (Å²) in [6, 6.07) is 0. The third kappa shape index (κ3) is 7.36. The Labute approximate surface area is 91.6 Å². The largest absolute Gasteiger partial charge is 0.393 e. The van der Waals surface area contributed by atoms with E-state index in [0.29, 0.717) is 6.42 Å². The van der Waals surface area contributed by atoms with Crippen LogP contribution in [0.5, 0.6) is 0 Å². The van der Waals surface area contributed by atoms with E-state index in [1.165, 1.54) is 0 Å². The zero-order valence-electron chi connectivity index (χ0n) is 8.99. The van der Waals surface area contributed by atoms with E-state index in [2.05, 4.69) is 19.1 Å². The van der Waals surface area contributed by atoms with E-state index >= 15 is 0 Å². The molecule has 0 bridgehead atoms. The van der Waals surface area contributed by atoms with Gasteiger partial charge in [0.05, 0.1) is 17.6 Å². The first kappa shape index (κ1) is 13.9. The van der Waals surface area contributed by atoms with Gasteiger partial charge in [-0.25, -0.2) is 0 Å². The topological polar surface area (TPSA) is 40.5 Å². The fourth-order valence-corrected chi connectivity index (χ4v) is 1.46. The maximum Gasteiger partial charge on any atom is 0.0728 e. The van der Waals surface area contributed by atoms with Crippen LogP contribution in [0.15, 0.2) is 12.2 Å².